The number of likely N-dealkylation sites (tertiary alicyclic amines) is 1. The van der Waals surface area contributed by atoms with Crippen molar-refractivity contribution in [2.24, 2.45) is 0 Å². The normalized spacial score (nSPS) is 23.3. The number of aromatic nitrogens is 1. The highest BCUT2D eigenvalue weighted by Crippen LogP contribution is 2.41. The third-order valence-electron chi connectivity index (χ3n) is 4.89. The molecule has 2 saturated heterocycles. The van der Waals surface area contributed by atoms with Crippen molar-refractivity contribution < 1.29 is 9.53 Å². The molecule has 3 heterocycles. The van der Waals surface area contributed by atoms with Gasteiger partial charge in [-0.15, -0.1) is 0 Å². The summed E-state index contributed by atoms with van der Waals surface area (Å²) in [6.45, 7) is 7.20. The van der Waals surface area contributed by atoms with Gasteiger partial charge in [0.05, 0.1) is 17.4 Å². The molecule has 24 heavy (non-hydrogen) atoms. The van der Waals surface area contributed by atoms with Crippen LogP contribution in [0.5, 0.6) is 0 Å². The van der Waals surface area contributed by atoms with Gasteiger partial charge in [0.15, 0.2) is 0 Å². The van der Waals surface area contributed by atoms with Gasteiger partial charge in [-0.3, -0.25) is 0 Å². The summed E-state index contributed by atoms with van der Waals surface area (Å²) in [5.41, 5.74) is 8.78. The molecule has 0 spiro atoms. The number of piperazine rings is 1. The second-order valence-electron chi connectivity index (χ2n) is 7.77. The minimum atomic E-state index is -0.459. The Morgan fingerprint density at radius 3 is 2.71 bits per heavy atom. The fourth-order valence-electron chi connectivity index (χ4n) is 3.94. The Kier molecular flexibility index (Phi) is 3.20. The lowest BCUT2D eigenvalue weighted by atomic mass is 10.1. The van der Waals surface area contributed by atoms with Gasteiger partial charge in [-0.05, 0) is 45.4 Å². The van der Waals surface area contributed by atoms with E-state index in [-0.39, 0.29) is 12.1 Å². The number of hydrogen-bond acceptors (Lipinski definition) is 4. The van der Waals surface area contributed by atoms with Crippen LogP contribution in [0.2, 0.25) is 0 Å². The number of rotatable bonds is 1. The molecular formula is C18H24N4O2. The monoisotopic (exact) mass is 328 g/mol. The van der Waals surface area contributed by atoms with Crippen LogP contribution in [0, 0.1) is 0 Å². The minimum absolute atomic E-state index is 0.193. The van der Waals surface area contributed by atoms with E-state index in [1.165, 1.54) is 0 Å². The lowest BCUT2D eigenvalue weighted by molar-refractivity contribution is 0.0215. The van der Waals surface area contributed by atoms with Gasteiger partial charge < -0.3 is 25.3 Å². The maximum atomic E-state index is 12.4. The summed E-state index contributed by atoms with van der Waals surface area (Å²) in [5, 5.41) is 1.14. The molecule has 6 heteroatoms. The van der Waals surface area contributed by atoms with Crippen molar-refractivity contribution in [1.82, 2.24) is 9.88 Å². The summed E-state index contributed by atoms with van der Waals surface area (Å²) in [5.74, 6) is 0. The van der Waals surface area contributed by atoms with Crippen molar-refractivity contribution >= 4 is 28.4 Å². The van der Waals surface area contributed by atoms with Crippen LogP contribution in [-0.2, 0) is 4.74 Å². The quantitative estimate of drug-likeness (QED) is 0.789. The molecule has 1 amide bonds. The molecule has 4 rings (SSSR count). The van der Waals surface area contributed by atoms with Crippen LogP contribution in [0.15, 0.2) is 24.4 Å². The van der Waals surface area contributed by atoms with E-state index in [9.17, 15) is 4.79 Å². The summed E-state index contributed by atoms with van der Waals surface area (Å²) in [4.78, 5) is 19.9. The number of carbonyl (C=O) groups excluding carboxylic acids is 1. The van der Waals surface area contributed by atoms with E-state index in [1.807, 2.05) is 44.0 Å². The molecule has 2 aliphatic heterocycles. The summed E-state index contributed by atoms with van der Waals surface area (Å²) in [7, 11) is 0. The summed E-state index contributed by atoms with van der Waals surface area (Å²) in [6, 6.07) is 6.52. The zero-order valence-corrected chi connectivity index (χ0v) is 14.4. The predicted molar refractivity (Wildman–Crippen MR) is 95.2 cm³/mol. The molecule has 1 aromatic heterocycles. The van der Waals surface area contributed by atoms with Crippen molar-refractivity contribution in [1.29, 1.82) is 0 Å². The maximum Gasteiger partial charge on any atom is 0.410 e. The average molecular weight is 328 g/mol. The number of nitrogens with two attached hydrogens (primary N) is 1. The van der Waals surface area contributed by atoms with Gasteiger partial charge in [0.2, 0.25) is 0 Å². The molecular weight excluding hydrogens is 304 g/mol. The van der Waals surface area contributed by atoms with Gasteiger partial charge in [0.1, 0.15) is 5.60 Å². The number of nitrogens with zero attached hydrogens (tertiary/aromatic N) is 2. The number of nitrogens with one attached hydrogen (secondary N) is 1. The van der Waals surface area contributed by atoms with Gasteiger partial charge in [0.25, 0.3) is 0 Å². The van der Waals surface area contributed by atoms with Gasteiger partial charge >= 0.3 is 6.09 Å². The second-order valence-corrected chi connectivity index (χ2v) is 7.77. The Morgan fingerprint density at radius 2 is 2.04 bits per heavy atom. The molecule has 2 fully saturated rings. The average Bonchev–Trinajstić information content (AvgIpc) is 3.19. The van der Waals surface area contributed by atoms with Crippen molar-refractivity contribution in [3.8, 4) is 0 Å². The van der Waals surface area contributed by atoms with E-state index in [0.717, 1.165) is 35.2 Å². The highest BCUT2D eigenvalue weighted by molar-refractivity contribution is 5.99. The lowest BCUT2D eigenvalue weighted by Crippen LogP contribution is -2.50. The number of hydrogen-bond donors (Lipinski definition) is 2. The first-order valence-electron chi connectivity index (χ1n) is 8.45. The third-order valence-corrected chi connectivity index (χ3v) is 4.89. The van der Waals surface area contributed by atoms with Crippen LogP contribution in [0.4, 0.5) is 16.2 Å². The van der Waals surface area contributed by atoms with E-state index in [4.69, 9.17) is 10.5 Å². The first-order chi connectivity index (χ1) is 11.3. The zero-order chi connectivity index (χ0) is 17.1. The van der Waals surface area contributed by atoms with Gasteiger partial charge in [-0.2, -0.15) is 0 Å². The summed E-state index contributed by atoms with van der Waals surface area (Å²) >= 11 is 0. The number of H-pyrrole nitrogens is 1. The highest BCUT2D eigenvalue weighted by atomic mass is 16.6. The molecule has 0 radical (unpaired) electrons. The number of nitrogen functional groups attached to an aromatic ring is 1. The number of aromatic amines is 1. The molecule has 2 atom stereocenters. The van der Waals surface area contributed by atoms with Crippen molar-refractivity contribution in [3.05, 3.63) is 24.4 Å². The molecule has 128 valence electrons. The number of ether oxygens (including phenoxy) is 1. The molecule has 0 saturated carbocycles. The van der Waals surface area contributed by atoms with Crippen molar-refractivity contribution in [3.63, 3.8) is 0 Å². The Bertz CT molecular complexity index is 792. The number of anilines is 2. The third kappa shape index (κ3) is 2.37. The molecule has 6 nitrogen and oxygen atoms in total. The van der Waals surface area contributed by atoms with Crippen molar-refractivity contribution in [2.45, 2.75) is 44.9 Å². The van der Waals surface area contributed by atoms with Crippen LogP contribution in [0.1, 0.15) is 27.2 Å². The minimum Gasteiger partial charge on any atom is -0.444 e. The lowest BCUT2D eigenvalue weighted by Gasteiger charge is -2.37. The van der Waals surface area contributed by atoms with E-state index in [1.54, 1.807) is 0 Å². The SMILES string of the molecule is CC(C)(C)OC(=O)N1C[C@@H]2C[C@H]1CN2c1c(N)ccc2[nH]ccc12. The van der Waals surface area contributed by atoms with E-state index >= 15 is 0 Å². The smallest absolute Gasteiger partial charge is 0.410 e. The van der Waals surface area contributed by atoms with Crippen LogP contribution >= 0.6 is 0 Å². The molecule has 2 aliphatic rings. The molecule has 3 N–H and O–H groups in total. The molecule has 2 aromatic rings. The fourth-order valence-corrected chi connectivity index (χ4v) is 3.94. The van der Waals surface area contributed by atoms with Crippen LogP contribution in [-0.4, -0.2) is 46.8 Å². The van der Waals surface area contributed by atoms with E-state index in [2.05, 4.69) is 16.0 Å². The van der Waals surface area contributed by atoms with Gasteiger partial charge in [0, 0.05) is 36.2 Å². The molecule has 0 aliphatic carbocycles. The van der Waals surface area contributed by atoms with Gasteiger partial charge in [-0.25, -0.2) is 4.79 Å². The van der Waals surface area contributed by atoms with Crippen LogP contribution < -0.4 is 10.6 Å². The highest BCUT2D eigenvalue weighted by Gasteiger charge is 2.47. The Morgan fingerprint density at radius 1 is 1.25 bits per heavy atom. The van der Waals surface area contributed by atoms with Crippen LogP contribution in [0.3, 0.4) is 0 Å². The predicted octanol–water partition coefficient (Wildman–Crippen LogP) is 2.95. The number of amides is 1. The van der Waals surface area contributed by atoms with E-state index in [0.29, 0.717) is 12.6 Å². The maximum absolute atomic E-state index is 12.4. The number of benzene rings is 1. The Hall–Kier alpha value is -2.37. The Balaban J connectivity index is 1.57. The topological polar surface area (TPSA) is 74.6 Å². The first-order valence-corrected chi connectivity index (χ1v) is 8.45. The number of carbonyl (C=O) groups is 1. The first kappa shape index (κ1) is 15.2. The van der Waals surface area contributed by atoms with Gasteiger partial charge in [-0.1, -0.05) is 0 Å². The fraction of sp³-hybridized carbons (Fsp3) is 0.500. The molecule has 1 aromatic carbocycles. The van der Waals surface area contributed by atoms with Crippen molar-refractivity contribution in [2.75, 3.05) is 23.7 Å². The van der Waals surface area contributed by atoms with E-state index < -0.39 is 5.60 Å². The zero-order valence-electron chi connectivity index (χ0n) is 14.4. The number of fused-ring (bicyclic) bond motifs is 3. The van der Waals surface area contributed by atoms with Crippen LogP contribution in [0.25, 0.3) is 10.9 Å². The summed E-state index contributed by atoms with van der Waals surface area (Å²) in [6.07, 6.45) is 2.71. The molecule has 0 unspecified atom stereocenters. The largest absolute Gasteiger partial charge is 0.444 e. The second kappa shape index (κ2) is 5.06. The molecule has 2 bridgehead atoms. The standard InChI is InChI=1S/C18H24N4O2/c1-18(2,3)24-17(23)22-10-11-8-12(22)9-21(11)16-13-6-7-20-15(13)5-4-14(16)19/h4-7,11-12,20H,8-10,19H2,1-3H3/t11-,12-/m0/s1. The Labute approximate surface area is 141 Å². The summed E-state index contributed by atoms with van der Waals surface area (Å²) < 4.78 is 5.54.